The molecule has 3 aromatic rings. The predicted molar refractivity (Wildman–Crippen MR) is 81.6 cm³/mol. The number of hydrogen-bond acceptors (Lipinski definition) is 6. The zero-order valence-electron chi connectivity index (χ0n) is 11.4. The first kappa shape index (κ1) is 14.1. The van der Waals surface area contributed by atoms with Gasteiger partial charge in [0.1, 0.15) is 23.7 Å². The molecule has 110 valence electrons. The van der Waals surface area contributed by atoms with Gasteiger partial charge in [0.15, 0.2) is 18.1 Å². The van der Waals surface area contributed by atoms with E-state index in [1.54, 1.807) is 24.5 Å². The highest BCUT2D eigenvalue weighted by Crippen LogP contribution is 2.24. The van der Waals surface area contributed by atoms with Crippen LogP contribution in [-0.2, 0) is 6.54 Å². The molecule has 0 aliphatic rings. The first-order valence-corrected chi connectivity index (χ1v) is 6.82. The fourth-order valence-corrected chi connectivity index (χ4v) is 2.21. The highest BCUT2D eigenvalue weighted by molar-refractivity contribution is 6.30. The molecule has 1 aromatic carbocycles. The van der Waals surface area contributed by atoms with E-state index < -0.39 is 0 Å². The highest BCUT2D eigenvalue weighted by atomic mass is 35.5. The Kier molecular flexibility index (Phi) is 4.03. The van der Waals surface area contributed by atoms with Gasteiger partial charge in [-0.1, -0.05) is 11.6 Å². The van der Waals surface area contributed by atoms with Crippen LogP contribution in [0.4, 0.5) is 5.82 Å². The summed E-state index contributed by atoms with van der Waals surface area (Å²) in [4.78, 5) is 15.3. The molecule has 7 nitrogen and oxygen atoms in total. The zero-order valence-corrected chi connectivity index (χ0v) is 12.1. The van der Waals surface area contributed by atoms with Crippen LogP contribution in [0, 0.1) is 11.3 Å². The molecular weight excluding hydrogens is 304 g/mol. The molecule has 2 heterocycles. The molecule has 0 radical (unpaired) electrons. The number of ether oxygens (including phenoxy) is 1. The van der Waals surface area contributed by atoms with Gasteiger partial charge in [-0.15, -0.1) is 0 Å². The van der Waals surface area contributed by atoms with E-state index in [1.165, 1.54) is 6.33 Å². The van der Waals surface area contributed by atoms with E-state index >= 15 is 0 Å². The molecule has 0 fully saturated rings. The summed E-state index contributed by atoms with van der Waals surface area (Å²) in [5, 5.41) is 12.4. The third kappa shape index (κ3) is 2.92. The van der Waals surface area contributed by atoms with Crippen molar-refractivity contribution in [1.29, 1.82) is 5.26 Å². The van der Waals surface area contributed by atoms with Crippen LogP contribution < -0.4 is 10.1 Å². The lowest BCUT2D eigenvalue weighted by atomic mass is 10.2. The number of benzene rings is 1. The Morgan fingerprint density at radius 2 is 2.23 bits per heavy atom. The third-order valence-corrected chi connectivity index (χ3v) is 3.22. The SMILES string of the molecule is N#CCOc1ccc(Cl)cc1CNc1ncnc2nc[nH]c12. The van der Waals surface area contributed by atoms with Crippen molar-refractivity contribution in [1.82, 2.24) is 19.9 Å². The number of nitrogens with zero attached hydrogens (tertiary/aromatic N) is 4. The van der Waals surface area contributed by atoms with Crippen LogP contribution in [-0.4, -0.2) is 26.5 Å². The average molecular weight is 315 g/mol. The standard InChI is InChI=1S/C14H11ClN6O/c15-10-1-2-11(22-4-3-16)9(5-10)6-17-13-12-14(19-7-18-12)21-8-20-13/h1-2,5,7-8H,4,6H2,(H2,17,18,19,20,21). The molecular formula is C14H11ClN6O. The molecule has 0 amide bonds. The van der Waals surface area contributed by atoms with E-state index in [4.69, 9.17) is 21.6 Å². The molecule has 8 heteroatoms. The van der Waals surface area contributed by atoms with Crippen LogP contribution in [0.1, 0.15) is 5.56 Å². The molecule has 0 spiro atoms. The molecule has 0 bridgehead atoms. The van der Waals surface area contributed by atoms with Crippen molar-refractivity contribution >= 4 is 28.6 Å². The monoisotopic (exact) mass is 314 g/mol. The first-order valence-electron chi connectivity index (χ1n) is 6.44. The minimum Gasteiger partial charge on any atom is -0.478 e. The molecule has 0 atom stereocenters. The first-order chi connectivity index (χ1) is 10.8. The topological polar surface area (TPSA) is 99.5 Å². The molecule has 0 unspecified atom stereocenters. The summed E-state index contributed by atoms with van der Waals surface area (Å²) in [6, 6.07) is 7.18. The Morgan fingerprint density at radius 3 is 3.09 bits per heavy atom. The van der Waals surface area contributed by atoms with E-state index in [9.17, 15) is 0 Å². The van der Waals surface area contributed by atoms with Gasteiger partial charge in [0, 0.05) is 17.1 Å². The molecule has 0 aliphatic heterocycles. The Labute approximate surface area is 130 Å². The number of nitriles is 1. The number of rotatable bonds is 5. The fraction of sp³-hybridized carbons (Fsp3) is 0.143. The van der Waals surface area contributed by atoms with Gasteiger partial charge in [-0.2, -0.15) is 5.26 Å². The van der Waals surface area contributed by atoms with Crippen molar-refractivity contribution < 1.29 is 4.74 Å². The summed E-state index contributed by atoms with van der Waals surface area (Å²) in [5.74, 6) is 1.24. The largest absolute Gasteiger partial charge is 0.478 e. The molecule has 0 saturated heterocycles. The predicted octanol–water partition coefficient (Wildman–Crippen LogP) is 2.52. The van der Waals surface area contributed by atoms with Crippen LogP contribution in [0.2, 0.25) is 5.02 Å². The number of anilines is 1. The number of H-pyrrole nitrogens is 1. The number of halogens is 1. The van der Waals surface area contributed by atoms with Crippen molar-refractivity contribution in [3.63, 3.8) is 0 Å². The quantitative estimate of drug-likeness (QED) is 0.750. The molecule has 0 aliphatic carbocycles. The maximum atomic E-state index is 8.63. The summed E-state index contributed by atoms with van der Waals surface area (Å²) in [7, 11) is 0. The maximum absolute atomic E-state index is 8.63. The summed E-state index contributed by atoms with van der Waals surface area (Å²) in [6.07, 6.45) is 3.00. The summed E-state index contributed by atoms with van der Waals surface area (Å²) in [6.45, 7) is 0.416. The smallest absolute Gasteiger partial charge is 0.182 e. The van der Waals surface area contributed by atoms with E-state index in [2.05, 4.69) is 25.3 Å². The molecule has 3 rings (SSSR count). The van der Waals surface area contributed by atoms with Crippen LogP contribution in [0.5, 0.6) is 5.75 Å². The molecule has 2 N–H and O–H groups in total. The second-order valence-corrected chi connectivity index (χ2v) is 4.81. The lowest BCUT2D eigenvalue weighted by molar-refractivity contribution is 0.364. The fourth-order valence-electron chi connectivity index (χ4n) is 2.02. The van der Waals surface area contributed by atoms with Gasteiger partial charge in [0.05, 0.1) is 6.33 Å². The summed E-state index contributed by atoms with van der Waals surface area (Å²) < 4.78 is 5.39. The van der Waals surface area contributed by atoms with Gasteiger partial charge in [0.2, 0.25) is 0 Å². The van der Waals surface area contributed by atoms with E-state index in [-0.39, 0.29) is 6.61 Å². The number of hydrogen-bond donors (Lipinski definition) is 2. The van der Waals surface area contributed by atoms with Crippen LogP contribution >= 0.6 is 11.6 Å². The van der Waals surface area contributed by atoms with E-state index in [0.29, 0.717) is 28.8 Å². The maximum Gasteiger partial charge on any atom is 0.182 e. The number of fused-ring (bicyclic) bond motifs is 1. The van der Waals surface area contributed by atoms with Gasteiger partial charge >= 0.3 is 0 Å². The number of aromatic amines is 1. The minimum atomic E-state index is -0.0209. The van der Waals surface area contributed by atoms with Gasteiger partial charge in [0.25, 0.3) is 0 Å². The Hall–Kier alpha value is -2.85. The normalized spacial score (nSPS) is 10.4. The number of nitrogens with one attached hydrogen (secondary N) is 2. The van der Waals surface area contributed by atoms with Gasteiger partial charge in [-0.05, 0) is 18.2 Å². The third-order valence-electron chi connectivity index (χ3n) is 2.98. The Balaban J connectivity index is 1.82. The second kappa shape index (κ2) is 6.28. The Bertz CT molecular complexity index is 841. The average Bonchev–Trinajstić information content (AvgIpc) is 3.01. The minimum absolute atomic E-state index is 0.0209. The lowest BCUT2D eigenvalue weighted by Gasteiger charge is -2.11. The van der Waals surface area contributed by atoms with Crippen LogP contribution in [0.25, 0.3) is 11.2 Å². The van der Waals surface area contributed by atoms with Crippen LogP contribution in [0.3, 0.4) is 0 Å². The molecule has 22 heavy (non-hydrogen) atoms. The van der Waals surface area contributed by atoms with Gasteiger partial charge in [-0.3, -0.25) is 0 Å². The lowest BCUT2D eigenvalue weighted by Crippen LogP contribution is -2.05. The van der Waals surface area contributed by atoms with Crippen LogP contribution in [0.15, 0.2) is 30.9 Å². The van der Waals surface area contributed by atoms with Crippen molar-refractivity contribution in [3.8, 4) is 11.8 Å². The van der Waals surface area contributed by atoms with E-state index in [0.717, 1.165) is 11.1 Å². The zero-order chi connectivity index (χ0) is 15.4. The second-order valence-electron chi connectivity index (χ2n) is 4.38. The molecule has 0 saturated carbocycles. The summed E-state index contributed by atoms with van der Waals surface area (Å²) >= 11 is 6.02. The number of imidazole rings is 1. The summed E-state index contributed by atoms with van der Waals surface area (Å²) in [5.41, 5.74) is 2.14. The van der Waals surface area contributed by atoms with Crippen molar-refractivity contribution in [2.45, 2.75) is 6.54 Å². The Morgan fingerprint density at radius 1 is 1.32 bits per heavy atom. The van der Waals surface area contributed by atoms with E-state index in [1.807, 2.05) is 6.07 Å². The molecule has 2 aromatic heterocycles. The highest BCUT2D eigenvalue weighted by Gasteiger charge is 2.08. The van der Waals surface area contributed by atoms with Crippen molar-refractivity contribution in [2.24, 2.45) is 0 Å². The number of aromatic nitrogens is 4. The van der Waals surface area contributed by atoms with Gasteiger partial charge < -0.3 is 15.0 Å². The van der Waals surface area contributed by atoms with Crippen molar-refractivity contribution in [2.75, 3.05) is 11.9 Å². The van der Waals surface area contributed by atoms with Gasteiger partial charge in [-0.25, -0.2) is 15.0 Å². The van der Waals surface area contributed by atoms with Crippen molar-refractivity contribution in [3.05, 3.63) is 41.4 Å².